The first kappa shape index (κ1) is 31.2. The molecule has 2 atom stereocenters. The van der Waals surface area contributed by atoms with E-state index in [0.29, 0.717) is 13.1 Å². The topological polar surface area (TPSA) is 173 Å². The summed E-state index contributed by atoms with van der Waals surface area (Å²) in [6, 6.07) is 0. The highest BCUT2D eigenvalue weighted by atomic mass is 31.2. The summed E-state index contributed by atoms with van der Waals surface area (Å²) < 4.78 is 23.4. The van der Waals surface area contributed by atoms with E-state index in [2.05, 4.69) is 10.6 Å². The van der Waals surface area contributed by atoms with Crippen molar-refractivity contribution in [2.24, 2.45) is 0 Å². The number of carbonyl (C=O) groups is 2. The Balaban J connectivity index is 3.36. The normalized spacial score (nSPS) is 15.2. The molecule has 12 heteroatoms. The zero-order valence-electron chi connectivity index (χ0n) is 18.8. The smallest absolute Gasteiger partial charge is 0.307 e. The van der Waals surface area contributed by atoms with Gasteiger partial charge in [-0.1, -0.05) is 51.4 Å². The van der Waals surface area contributed by atoms with Gasteiger partial charge in [-0.2, -0.15) is 0 Å². The van der Waals surface area contributed by atoms with E-state index < -0.39 is 26.7 Å². The molecule has 10 nitrogen and oxygen atoms in total. The minimum absolute atomic E-state index is 0.0606. The maximum absolute atomic E-state index is 11.7. The van der Waals surface area contributed by atoms with Gasteiger partial charge in [-0.3, -0.25) is 18.7 Å². The molecule has 0 amide bonds. The van der Waals surface area contributed by atoms with Crippen LogP contribution in [0.15, 0.2) is 0 Å². The largest absolute Gasteiger partial charge is 0.481 e. The molecule has 0 saturated heterocycles. The van der Waals surface area contributed by atoms with Gasteiger partial charge in [0.15, 0.2) is 0 Å². The van der Waals surface area contributed by atoms with Crippen LogP contribution in [0.3, 0.4) is 0 Å². The molecule has 0 aromatic heterocycles. The van der Waals surface area contributed by atoms with Gasteiger partial charge in [0, 0.05) is 12.3 Å². The van der Waals surface area contributed by atoms with Gasteiger partial charge in [-0.25, -0.2) is 0 Å². The van der Waals surface area contributed by atoms with Crippen LogP contribution in [0.2, 0.25) is 0 Å². The second-order valence-corrected chi connectivity index (χ2v) is 12.7. The minimum atomic E-state index is -3.44. The Morgan fingerprint density at radius 2 is 0.875 bits per heavy atom. The average molecular weight is 498 g/mol. The van der Waals surface area contributed by atoms with Gasteiger partial charge in [0.05, 0.1) is 25.4 Å². The number of unbranched alkanes of at least 4 members (excludes halogenated alkanes) is 9. The lowest BCUT2D eigenvalue weighted by molar-refractivity contribution is -0.133. The molecular formula is C20H40N2O8P2. The molecule has 0 saturated carbocycles. The van der Waals surface area contributed by atoms with Crippen LogP contribution in [0.1, 0.15) is 64.2 Å². The lowest BCUT2D eigenvalue weighted by Crippen LogP contribution is -2.18. The SMILES string of the molecule is O=C(O)[CH]CP(=O)(O)CNCCCCCCCCCCCCNCP(=O)(O)C[CH]C(=O)O. The van der Waals surface area contributed by atoms with E-state index in [-0.39, 0.29) is 24.9 Å². The van der Waals surface area contributed by atoms with Crippen LogP contribution < -0.4 is 10.6 Å². The number of rotatable bonds is 23. The number of nitrogens with one attached hydrogen (secondary N) is 2. The molecule has 0 rings (SSSR count). The summed E-state index contributed by atoms with van der Waals surface area (Å²) in [5.74, 6) is -2.37. The van der Waals surface area contributed by atoms with Crippen molar-refractivity contribution in [3.8, 4) is 0 Å². The number of aliphatic carboxylic acids is 2. The van der Waals surface area contributed by atoms with Gasteiger partial charge in [0.25, 0.3) is 0 Å². The van der Waals surface area contributed by atoms with Gasteiger partial charge in [0.2, 0.25) is 14.7 Å². The van der Waals surface area contributed by atoms with Crippen molar-refractivity contribution < 1.29 is 38.7 Å². The Morgan fingerprint density at radius 3 is 1.16 bits per heavy atom. The number of hydrogen-bond donors (Lipinski definition) is 6. The lowest BCUT2D eigenvalue weighted by Gasteiger charge is -2.11. The van der Waals surface area contributed by atoms with Crippen molar-refractivity contribution in [2.75, 3.05) is 38.0 Å². The van der Waals surface area contributed by atoms with Gasteiger partial charge < -0.3 is 30.6 Å². The fourth-order valence-corrected chi connectivity index (χ4v) is 5.15. The third-order valence-corrected chi connectivity index (χ3v) is 7.72. The third-order valence-electron chi connectivity index (χ3n) is 4.78. The van der Waals surface area contributed by atoms with Crippen molar-refractivity contribution in [1.29, 1.82) is 0 Å². The molecule has 0 aromatic carbocycles. The van der Waals surface area contributed by atoms with Crippen molar-refractivity contribution in [2.45, 2.75) is 64.2 Å². The van der Waals surface area contributed by atoms with Crippen LogP contribution in [-0.2, 0) is 18.7 Å². The molecule has 188 valence electrons. The number of hydrogen-bond acceptors (Lipinski definition) is 6. The second kappa shape index (κ2) is 18.6. The van der Waals surface area contributed by atoms with E-state index in [0.717, 1.165) is 64.2 Å². The monoisotopic (exact) mass is 498 g/mol. The highest BCUT2D eigenvalue weighted by Crippen LogP contribution is 2.39. The fourth-order valence-electron chi connectivity index (χ4n) is 2.99. The van der Waals surface area contributed by atoms with E-state index >= 15 is 0 Å². The fraction of sp³-hybridized carbons (Fsp3) is 0.800. The van der Waals surface area contributed by atoms with Crippen molar-refractivity contribution in [3.05, 3.63) is 12.8 Å². The summed E-state index contributed by atoms with van der Waals surface area (Å²) in [4.78, 5) is 39.9. The van der Waals surface area contributed by atoms with Crippen LogP contribution in [0.4, 0.5) is 0 Å². The first-order valence-corrected chi connectivity index (χ1v) is 15.3. The average Bonchev–Trinajstić information content (AvgIpc) is 2.70. The van der Waals surface area contributed by atoms with Crippen molar-refractivity contribution >= 4 is 26.7 Å². The third kappa shape index (κ3) is 22.4. The predicted molar refractivity (Wildman–Crippen MR) is 125 cm³/mol. The highest BCUT2D eigenvalue weighted by molar-refractivity contribution is 7.58. The molecule has 0 aliphatic heterocycles. The first-order valence-electron chi connectivity index (χ1n) is 11.2. The standard InChI is InChI=1S/C20H40N2O8P2/c23-19(24)11-15-31(27,28)17-21-13-9-7-5-3-1-2-4-6-8-10-14-22-18-32(29,30)16-12-20(25)26/h11-12,21-22H,1-10,13-18H2,(H,23,24)(H,25,26)(H,27,28)(H,29,30). The first-order chi connectivity index (χ1) is 15.0. The van der Waals surface area contributed by atoms with Gasteiger partial charge in [-0.15, -0.1) is 0 Å². The molecule has 0 aromatic rings. The molecule has 2 unspecified atom stereocenters. The predicted octanol–water partition coefficient (Wildman–Crippen LogP) is 3.10. The van der Waals surface area contributed by atoms with Gasteiger partial charge >= 0.3 is 11.9 Å². The van der Waals surface area contributed by atoms with Crippen LogP contribution in [0.25, 0.3) is 0 Å². The summed E-state index contributed by atoms with van der Waals surface area (Å²) in [7, 11) is -6.89. The van der Waals surface area contributed by atoms with Gasteiger partial charge in [-0.05, 0) is 25.9 Å². The summed E-state index contributed by atoms with van der Waals surface area (Å²) >= 11 is 0. The van der Waals surface area contributed by atoms with Crippen LogP contribution in [-0.4, -0.2) is 69.9 Å². The highest BCUT2D eigenvalue weighted by Gasteiger charge is 2.19. The van der Waals surface area contributed by atoms with Crippen molar-refractivity contribution in [1.82, 2.24) is 10.6 Å². The Hall–Kier alpha value is -0.760. The minimum Gasteiger partial charge on any atom is -0.481 e. The van der Waals surface area contributed by atoms with E-state index in [1.165, 1.54) is 12.8 Å². The molecule has 0 spiro atoms. The Labute approximate surface area is 191 Å². The number of carboxylic acids is 2. The molecule has 32 heavy (non-hydrogen) atoms. The van der Waals surface area contributed by atoms with Crippen LogP contribution in [0.5, 0.6) is 0 Å². The summed E-state index contributed by atoms with van der Waals surface area (Å²) in [6.07, 6.45) is 11.7. The molecule has 2 radical (unpaired) electrons. The molecule has 6 N–H and O–H groups in total. The molecular weight excluding hydrogens is 458 g/mol. The van der Waals surface area contributed by atoms with Gasteiger partial charge in [0.1, 0.15) is 0 Å². The zero-order chi connectivity index (χ0) is 24.3. The van der Waals surface area contributed by atoms with Crippen LogP contribution >= 0.6 is 14.7 Å². The quantitative estimate of drug-likeness (QED) is 0.0907. The Kier molecular flexibility index (Phi) is 18.2. The molecule has 0 aliphatic carbocycles. The Bertz CT molecular complexity index is 566. The van der Waals surface area contributed by atoms with Crippen molar-refractivity contribution in [3.63, 3.8) is 0 Å². The maximum atomic E-state index is 11.7. The molecule has 0 aliphatic rings. The summed E-state index contributed by atoms with van der Waals surface area (Å²) in [6.45, 7) is 1.30. The van der Waals surface area contributed by atoms with E-state index in [4.69, 9.17) is 10.2 Å². The molecule has 0 bridgehead atoms. The second-order valence-electron chi connectivity index (χ2n) is 7.99. The summed E-state index contributed by atoms with van der Waals surface area (Å²) in [5.41, 5.74) is 0. The van der Waals surface area contributed by atoms with Crippen LogP contribution in [0, 0.1) is 12.8 Å². The number of carboxylic acid groups (broad SMARTS) is 2. The van der Waals surface area contributed by atoms with E-state index in [1.54, 1.807) is 0 Å². The zero-order valence-corrected chi connectivity index (χ0v) is 20.6. The molecule has 0 heterocycles. The maximum Gasteiger partial charge on any atom is 0.307 e. The van der Waals surface area contributed by atoms with E-state index in [1.807, 2.05) is 0 Å². The lowest BCUT2D eigenvalue weighted by atomic mass is 10.1. The Morgan fingerprint density at radius 1 is 0.594 bits per heavy atom. The summed E-state index contributed by atoms with van der Waals surface area (Å²) in [5, 5.41) is 22.8. The molecule has 0 fully saturated rings. The van der Waals surface area contributed by atoms with E-state index in [9.17, 15) is 28.5 Å².